The Labute approximate surface area is 168 Å². The zero-order valence-electron chi connectivity index (χ0n) is 17.0. The van der Waals surface area contributed by atoms with Gasteiger partial charge in [-0.05, 0) is 67.6 Å². The van der Waals surface area contributed by atoms with E-state index in [0.29, 0.717) is 12.3 Å². The number of carbonyl (C=O) groups excluding carboxylic acids is 1. The van der Waals surface area contributed by atoms with Crippen molar-refractivity contribution in [3.8, 4) is 5.75 Å². The van der Waals surface area contributed by atoms with Crippen LogP contribution in [0.5, 0.6) is 5.75 Å². The second-order valence-electron chi connectivity index (χ2n) is 7.70. The van der Waals surface area contributed by atoms with Crippen molar-refractivity contribution in [2.24, 2.45) is 5.92 Å². The topological polar surface area (TPSA) is 45.7 Å². The van der Waals surface area contributed by atoms with Gasteiger partial charge < -0.3 is 14.5 Å². The molecule has 3 rings (SSSR count). The van der Waals surface area contributed by atoms with Crippen molar-refractivity contribution in [3.63, 3.8) is 0 Å². The van der Waals surface area contributed by atoms with Gasteiger partial charge in [-0.2, -0.15) is 0 Å². The van der Waals surface area contributed by atoms with Gasteiger partial charge in [0.1, 0.15) is 5.75 Å². The van der Waals surface area contributed by atoms with Crippen molar-refractivity contribution in [1.82, 2.24) is 14.8 Å². The van der Waals surface area contributed by atoms with E-state index >= 15 is 0 Å². The monoisotopic (exact) mass is 381 g/mol. The molecule has 2 heterocycles. The minimum Gasteiger partial charge on any atom is -0.497 e. The fourth-order valence-electron chi connectivity index (χ4n) is 3.77. The van der Waals surface area contributed by atoms with Gasteiger partial charge in [-0.15, -0.1) is 0 Å². The maximum Gasteiger partial charge on any atom is 0.226 e. The molecule has 0 N–H and O–H groups in total. The first-order chi connectivity index (χ1) is 13.6. The molecule has 5 heteroatoms. The zero-order valence-corrected chi connectivity index (χ0v) is 17.0. The first kappa shape index (κ1) is 20.3. The molecule has 5 nitrogen and oxygen atoms in total. The summed E-state index contributed by atoms with van der Waals surface area (Å²) >= 11 is 0. The number of pyridine rings is 1. The number of likely N-dealkylation sites (tertiary alicyclic amines) is 1. The minimum absolute atomic E-state index is 0.176. The number of hydrogen-bond donors (Lipinski definition) is 0. The van der Waals surface area contributed by atoms with Crippen LogP contribution < -0.4 is 4.74 Å². The average molecular weight is 382 g/mol. The molecular formula is C23H31N3O2. The maximum atomic E-state index is 12.4. The summed E-state index contributed by atoms with van der Waals surface area (Å²) < 4.78 is 5.22. The lowest BCUT2D eigenvalue weighted by molar-refractivity contribution is -0.129. The van der Waals surface area contributed by atoms with Gasteiger partial charge in [0.05, 0.1) is 13.5 Å². The molecule has 1 saturated heterocycles. The predicted molar refractivity (Wildman–Crippen MR) is 111 cm³/mol. The van der Waals surface area contributed by atoms with E-state index in [0.717, 1.165) is 56.8 Å². The predicted octanol–water partition coefficient (Wildman–Crippen LogP) is 3.05. The van der Waals surface area contributed by atoms with Crippen molar-refractivity contribution in [2.75, 3.05) is 40.3 Å². The molecule has 1 aromatic heterocycles. The van der Waals surface area contributed by atoms with Gasteiger partial charge in [-0.25, -0.2) is 0 Å². The molecule has 2 aromatic rings. The Morgan fingerprint density at radius 1 is 1.18 bits per heavy atom. The summed E-state index contributed by atoms with van der Waals surface area (Å²) in [6.45, 7) is 4.18. The third-order valence-corrected chi connectivity index (χ3v) is 5.62. The molecule has 28 heavy (non-hydrogen) atoms. The summed E-state index contributed by atoms with van der Waals surface area (Å²) in [6.07, 6.45) is 7.33. The van der Waals surface area contributed by atoms with Crippen LogP contribution in [0.15, 0.2) is 48.8 Å². The highest BCUT2D eigenvalue weighted by Crippen LogP contribution is 2.19. The van der Waals surface area contributed by atoms with Crippen LogP contribution in [0.4, 0.5) is 0 Å². The number of carbonyl (C=O) groups is 1. The normalized spacial score (nSPS) is 15.4. The molecule has 150 valence electrons. The average Bonchev–Trinajstić information content (AvgIpc) is 2.74. The fourth-order valence-corrected chi connectivity index (χ4v) is 3.77. The van der Waals surface area contributed by atoms with Crippen LogP contribution in [0.3, 0.4) is 0 Å². The first-order valence-corrected chi connectivity index (χ1v) is 10.1. The van der Waals surface area contributed by atoms with Crippen molar-refractivity contribution >= 4 is 5.91 Å². The number of methoxy groups -OCH3 is 1. The third kappa shape index (κ3) is 6.06. The molecule has 0 spiro atoms. The highest BCUT2D eigenvalue weighted by Gasteiger charge is 2.22. The molecule has 1 aliphatic heterocycles. The van der Waals surface area contributed by atoms with E-state index in [1.807, 2.05) is 36.2 Å². The van der Waals surface area contributed by atoms with Gasteiger partial charge in [0.25, 0.3) is 0 Å². The van der Waals surface area contributed by atoms with Crippen LogP contribution in [0.2, 0.25) is 0 Å². The highest BCUT2D eigenvalue weighted by molar-refractivity contribution is 5.78. The smallest absolute Gasteiger partial charge is 0.226 e. The molecule has 1 amide bonds. The van der Waals surface area contributed by atoms with E-state index in [1.165, 1.54) is 5.56 Å². The molecule has 1 fully saturated rings. The van der Waals surface area contributed by atoms with E-state index in [1.54, 1.807) is 19.5 Å². The first-order valence-electron chi connectivity index (χ1n) is 10.1. The number of hydrogen-bond acceptors (Lipinski definition) is 4. The number of rotatable bonds is 8. The summed E-state index contributed by atoms with van der Waals surface area (Å²) in [7, 11) is 3.62. The Kier molecular flexibility index (Phi) is 7.43. The maximum absolute atomic E-state index is 12.4. The Bertz CT molecular complexity index is 725. The number of benzene rings is 1. The molecule has 0 saturated carbocycles. The van der Waals surface area contributed by atoms with Crippen molar-refractivity contribution in [3.05, 3.63) is 59.9 Å². The molecule has 0 bridgehead atoms. The van der Waals surface area contributed by atoms with Gasteiger partial charge >= 0.3 is 0 Å². The van der Waals surface area contributed by atoms with Crippen LogP contribution in [-0.2, 0) is 17.6 Å². The lowest BCUT2D eigenvalue weighted by Crippen LogP contribution is -2.40. The fraction of sp³-hybridized carbons (Fsp3) is 0.478. The van der Waals surface area contributed by atoms with Crippen LogP contribution in [0, 0.1) is 5.92 Å². The molecule has 1 aromatic carbocycles. The van der Waals surface area contributed by atoms with Gasteiger partial charge in [0.15, 0.2) is 0 Å². The van der Waals surface area contributed by atoms with Crippen molar-refractivity contribution < 1.29 is 9.53 Å². The largest absolute Gasteiger partial charge is 0.497 e. The number of amides is 1. The Balaban J connectivity index is 1.36. The van der Waals surface area contributed by atoms with Crippen molar-refractivity contribution in [2.45, 2.75) is 25.7 Å². The molecule has 0 radical (unpaired) electrons. The van der Waals surface area contributed by atoms with E-state index in [-0.39, 0.29) is 5.91 Å². The van der Waals surface area contributed by atoms with E-state index in [9.17, 15) is 4.79 Å². The Hall–Kier alpha value is -2.40. The molecule has 0 unspecified atom stereocenters. The Morgan fingerprint density at radius 2 is 1.93 bits per heavy atom. The Morgan fingerprint density at radius 3 is 2.57 bits per heavy atom. The number of aromatic nitrogens is 1. The number of likely N-dealkylation sites (N-methyl/N-ethyl adjacent to an activating group) is 1. The van der Waals surface area contributed by atoms with Crippen LogP contribution in [-0.4, -0.2) is 61.0 Å². The number of piperidine rings is 1. The highest BCUT2D eigenvalue weighted by atomic mass is 16.5. The second-order valence-corrected chi connectivity index (χ2v) is 7.70. The second kappa shape index (κ2) is 10.2. The van der Waals surface area contributed by atoms with Crippen molar-refractivity contribution in [1.29, 1.82) is 0 Å². The van der Waals surface area contributed by atoms with Gasteiger partial charge in [-0.1, -0.05) is 18.2 Å². The lowest BCUT2D eigenvalue weighted by atomic mass is 9.95. The van der Waals surface area contributed by atoms with Gasteiger partial charge in [0.2, 0.25) is 5.91 Å². The summed E-state index contributed by atoms with van der Waals surface area (Å²) in [5.74, 6) is 1.68. The van der Waals surface area contributed by atoms with E-state index < -0.39 is 0 Å². The minimum atomic E-state index is 0.176. The summed E-state index contributed by atoms with van der Waals surface area (Å²) in [5, 5.41) is 0. The molecule has 0 atom stereocenters. The summed E-state index contributed by atoms with van der Waals surface area (Å²) in [4.78, 5) is 21.0. The van der Waals surface area contributed by atoms with Crippen LogP contribution in [0.25, 0.3) is 0 Å². The van der Waals surface area contributed by atoms with E-state index in [4.69, 9.17) is 4.74 Å². The zero-order chi connectivity index (χ0) is 19.8. The van der Waals surface area contributed by atoms with Gasteiger partial charge in [0, 0.05) is 32.5 Å². The standard InChI is InChI=1S/C23H31N3O2/c1-25(23(27)16-21-4-3-12-24-17-21)18-20-10-14-26(15-11-20)13-9-19-5-7-22(28-2)8-6-19/h3-8,12,17,20H,9-11,13-16,18H2,1-2H3. The van der Waals surface area contributed by atoms with Crippen LogP contribution in [0.1, 0.15) is 24.0 Å². The summed E-state index contributed by atoms with van der Waals surface area (Å²) in [5.41, 5.74) is 2.33. The number of nitrogens with zero attached hydrogens (tertiary/aromatic N) is 3. The van der Waals surface area contributed by atoms with E-state index in [2.05, 4.69) is 22.0 Å². The molecular weight excluding hydrogens is 350 g/mol. The third-order valence-electron chi connectivity index (χ3n) is 5.62. The lowest BCUT2D eigenvalue weighted by Gasteiger charge is -2.34. The van der Waals surface area contributed by atoms with Gasteiger partial charge in [-0.3, -0.25) is 9.78 Å². The number of ether oxygens (including phenoxy) is 1. The summed E-state index contributed by atoms with van der Waals surface area (Å²) in [6, 6.07) is 12.2. The molecule has 0 aliphatic carbocycles. The quantitative estimate of drug-likeness (QED) is 0.705. The SMILES string of the molecule is COc1ccc(CCN2CCC(CN(C)C(=O)Cc3cccnc3)CC2)cc1. The van der Waals surface area contributed by atoms with Crippen LogP contribution >= 0.6 is 0 Å². The molecule has 1 aliphatic rings.